The Morgan fingerprint density at radius 1 is 1.29 bits per heavy atom. The van der Waals surface area contributed by atoms with E-state index >= 15 is 0 Å². The lowest BCUT2D eigenvalue weighted by atomic mass is 10.1. The molecule has 17 heavy (non-hydrogen) atoms. The number of halogens is 1. The van der Waals surface area contributed by atoms with Crippen molar-refractivity contribution in [2.45, 2.75) is 38.7 Å². The number of fused-ring (bicyclic) bond motifs is 1. The molecular formula is C14H17FOS. The Hall–Kier alpha value is -0.930. The lowest BCUT2D eigenvalue weighted by Crippen LogP contribution is -1.93. The van der Waals surface area contributed by atoms with Gasteiger partial charge in [-0.2, -0.15) is 0 Å². The third-order valence-electron chi connectivity index (χ3n) is 2.91. The molecule has 3 heteroatoms. The van der Waals surface area contributed by atoms with Gasteiger partial charge in [-0.25, -0.2) is 4.39 Å². The third kappa shape index (κ3) is 3.05. The molecule has 1 aromatic carbocycles. The summed E-state index contributed by atoms with van der Waals surface area (Å²) in [4.78, 5) is 0.946. The SMILES string of the molecule is CCCCCC(O)c1cc2cc(F)ccc2s1. The van der Waals surface area contributed by atoms with E-state index in [2.05, 4.69) is 6.92 Å². The highest BCUT2D eigenvalue weighted by atomic mass is 32.1. The van der Waals surface area contributed by atoms with Gasteiger partial charge in [-0.05, 0) is 36.1 Å². The molecular weight excluding hydrogens is 235 g/mol. The highest BCUT2D eigenvalue weighted by molar-refractivity contribution is 7.19. The summed E-state index contributed by atoms with van der Waals surface area (Å²) in [5.74, 6) is -0.220. The molecule has 0 spiro atoms. The topological polar surface area (TPSA) is 20.2 Å². The summed E-state index contributed by atoms with van der Waals surface area (Å²) in [6, 6.07) is 6.66. The van der Waals surface area contributed by atoms with Gasteiger partial charge in [0.2, 0.25) is 0 Å². The number of hydrogen-bond donors (Lipinski definition) is 1. The molecule has 1 atom stereocenters. The molecule has 1 aromatic heterocycles. The van der Waals surface area contributed by atoms with Crippen LogP contribution in [0.5, 0.6) is 0 Å². The standard InChI is InChI=1S/C14H17FOS/c1-2-3-4-5-12(16)14-9-10-8-11(15)6-7-13(10)17-14/h6-9,12,16H,2-5H2,1H3. The molecule has 0 bridgehead atoms. The van der Waals surface area contributed by atoms with Crippen molar-refractivity contribution >= 4 is 21.4 Å². The number of hydrogen-bond acceptors (Lipinski definition) is 2. The Balaban J connectivity index is 2.12. The Bertz CT molecular complexity index is 492. The zero-order chi connectivity index (χ0) is 12.3. The molecule has 0 fully saturated rings. The normalized spacial score (nSPS) is 13.1. The molecule has 0 radical (unpaired) electrons. The van der Waals surface area contributed by atoms with E-state index in [9.17, 15) is 9.50 Å². The monoisotopic (exact) mass is 252 g/mol. The van der Waals surface area contributed by atoms with Gasteiger partial charge in [-0.15, -0.1) is 11.3 Å². The first-order valence-electron chi connectivity index (χ1n) is 6.07. The van der Waals surface area contributed by atoms with Gasteiger partial charge in [0.25, 0.3) is 0 Å². The van der Waals surface area contributed by atoms with E-state index < -0.39 is 6.10 Å². The lowest BCUT2D eigenvalue weighted by molar-refractivity contribution is 0.167. The van der Waals surface area contributed by atoms with Gasteiger partial charge in [0.15, 0.2) is 0 Å². The van der Waals surface area contributed by atoms with Gasteiger partial charge in [-0.1, -0.05) is 26.2 Å². The molecule has 1 unspecified atom stereocenters. The maximum Gasteiger partial charge on any atom is 0.123 e. The summed E-state index contributed by atoms with van der Waals surface area (Å²) in [5, 5.41) is 10.9. The minimum absolute atomic E-state index is 0.220. The predicted octanol–water partition coefficient (Wildman–Crippen LogP) is 4.65. The van der Waals surface area contributed by atoms with Gasteiger partial charge < -0.3 is 5.11 Å². The number of thiophene rings is 1. The first kappa shape index (κ1) is 12.5. The van der Waals surface area contributed by atoms with Crippen molar-refractivity contribution in [1.29, 1.82) is 0 Å². The van der Waals surface area contributed by atoms with Crippen LogP contribution in [0.25, 0.3) is 10.1 Å². The number of aliphatic hydroxyl groups excluding tert-OH is 1. The van der Waals surface area contributed by atoms with Crippen molar-refractivity contribution in [1.82, 2.24) is 0 Å². The molecule has 0 saturated heterocycles. The second-order valence-corrected chi connectivity index (χ2v) is 5.46. The lowest BCUT2D eigenvalue weighted by Gasteiger charge is -2.06. The van der Waals surface area contributed by atoms with Crippen molar-refractivity contribution in [2.75, 3.05) is 0 Å². The Kier molecular flexibility index (Phi) is 4.13. The van der Waals surface area contributed by atoms with E-state index in [4.69, 9.17) is 0 Å². The average molecular weight is 252 g/mol. The summed E-state index contributed by atoms with van der Waals surface area (Å²) in [6.07, 6.45) is 3.74. The van der Waals surface area contributed by atoms with E-state index in [0.29, 0.717) is 0 Å². The van der Waals surface area contributed by atoms with Crippen molar-refractivity contribution in [2.24, 2.45) is 0 Å². The fourth-order valence-electron chi connectivity index (χ4n) is 1.93. The summed E-state index contributed by atoms with van der Waals surface area (Å²) < 4.78 is 14.1. The quantitative estimate of drug-likeness (QED) is 0.768. The van der Waals surface area contributed by atoms with E-state index in [0.717, 1.165) is 40.6 Å². The molecule has 1 N–H and O–H groups in total. The predicted molar refractivity (Wildman–Crippen MR) is 70.9 cm³/mol. The van der Waals surface area contributed by atoms with Crippen molar-refractivity contribution in [3.63, 3.8) is 0 Å². The van der Waals surface area contributed by atoms with Crippen LogP contribution in [0.15, 0.2) is 24.3 Å². The first-order valence-corrected chi connectivity index (χ1v) is 6.89. The molecule has 2 aromatic rings. The van der Waals surface area contributed by atoms with Gasteiger partial charge in [-0.3, -0.25) is 0 Å². The maximum atomic E-state index is 13.0. The van der Waals surface area contributed by atoms with E-state index in [1.807, 2.05) is 6.07 Å². The molecule has 0 amide bonds. The smallest absolute Gasteiger partial charge is 0.123 e. The van der Waals surface area contributed by atoms with Crippen molar-refractivity contribution in [3.8, 4) is 0 Å². The second kappa shape index (κ2) is 5.61. The van der Waals surface area contributed by atoms with E-state index in [1.54, 1.807) is 17.4 Å². The van der Waals surface area contributed by atoms with Gasteiger partial charge >= 0.3 is 0 Å². The van der Waals surface area contributed by atoms with Gasteiger partial charge in [0.05, 0.1) is 6.10 Å². The number of aliphatic hydroxyl groups is 1. The van der Waals surface area contributed by atoms with Crippen LogP contribution in [-0.2, 0) is 0 Å². The minimum Gasteiger partial charge on any atom is -0.388 e. The second-order valence-electron chi connectivity index (χ2n) is 4.34. The fourth-order valence-corrected chi connectivity index (χ4v) is 2.99. The zero-order valence-corrected chi connectivity index (χ0v) is 10.8. The highest BCUT2D eigenvalue weighted by Gasteiger charge is 2.11. The summed E-state index contributed by atoms with van der Waals surface area (Å²) in [7, 11) is 0. The fraction of sp³-hybridized carbons (Fsp3) is 0.429. The van der Waals surface area contributed by atoms with Crippen molar-refractivity contribution < 1.29 is 9.50 Å². The Morgan fingerprint density at radius 3 is 2.88 bits per heavy atom. The average Bonchev–Trinajstić information content (AvgIpc) is 2.72. The van der Waals surface area contributed by atoms with Crippen LogP contribution in [0.4, 0.5) is 4.39 Å². The molecule has 0 aliphatic carbocycles. The van der Waals surface area contributed by atoms with Gasteiger partial charge in [0.1, 0.15) is 5.82 Å². The molecule has 92 valence electrons. The molecule has 0 saturated carbocycles. The largest absolute Gasteiger partial charge is 0.388 e. The van der Waals surface area contributed by atoms with Crippen LogP contribution in [0, 0.1) is 5.82 Å². The Morgan fingerprint density at radius 2 is 2.12 bits per heavy atom. The van der Waals surface area contributed by atoms with Crippen molar-refractivity contribution in [3.05, 3.63) is 35.0 Å². The summed E-state index contributed by atoms with van der Waals surface area (Å²) >= 11 is 1.56. The van der Waals surface area contributed by atoms with Crippen LogP contribution in [0.2, 0.25) is 0 Å². The molecule has 0 aliphatic rings. The number of unbranched alkanes of at least 4 members (excludes halogenated alkanes) is 2. The molecule has 1 heterocycles. The summed E-state index contributed by atoms with van der Waals surface area (Å²) in [5.41, 5.74) is 0. The molecule has 0 aliphatic heterocycles. The van der Waals surface area contributed by atoms with E-state index in [-0.39, 0.29) is 5.82 Å². The first-order chi connectivity index (χ1) is 8.20. The van der Waals surface area contributed by atoms with Crippen LogP contribution < -0.4 is 0 Å². The third-order valence-corrected chi connectivity index (χ3v) is 4.12. The maximum absolute atomic E-state index is 13.0. The molecule has 2 rings (SSSR count). The molecule has 1 nitrogen and oxygen atoms in total. The van der Waals surface area contributed by atoms with Crippen LogP contribution in [0.1, 0.15) is 43.6 Å². The van der Waals surface area contributed by atoms with Crippen LogP contribution >= 0.6 is 11.3 Å². The zero-order valence-electron chi connectivity index (χ0n) is 9.95. The van der Waals surface area contributed by atoms with Crippen LogP contribution in [0.3, 0.4) is 0 Å². The highest BCUT2D eigenvalue weighted by Crippen LogP contribution is 2.32. The van der Waals surface area contributed by atoms with Gasteiger partial charge in [0, 0.05) is 9.58 Å². The Labute approximate surface area is 105 Å². The number of benzene rings is 1. The summed E-state index contributed by atoms with van der Waals surface area (Å²) in [6.45, 7) is 2.15. The number of rotatable bonds is 5. The van der Waals surface area contributed by atoms with E-state index in [1.165, 1.54) is 12.1 Å². The van der Waals surface area contributed by atoms with Crippen LogP contribution in [-0.4, -0.2) is 5.11 Å². The minimum atomic E-state index is -0.401.